The third-order valence-corrected chi connectivity index (χ3v) is 3.01. The lowest BCUT2D eigenvalue weighted by molar-refractivity contribution is 0.0755. The predicted molar refractivity (Wildman–Crippen MR) is 76.6 cm³/mol. The predicted octanol–water partition coefficient (Wildman–Crippen LogP) is 1.77. The number of nitrogens with two attached hydrogens (primary N) is 1. The van der Waals surface area contributed by atoms with Gasteiger partial charge in [0.2, 0.25) is 0 Å². The Hall–Kier alpha value is -2.74. The molecule has 5 heteroatoms. The van der Waals surface area contributed by atoms with Crippen molar-refractivity contribution in [3.05, 3.63) is 53.9 Å². The van der Waals surface area contributed by atoms with Crippen molar-refractivity contribution in [2.75, 3.05) is 12.3 Å². The zero-order valence-corrected chi connectivity index (χ0v) is 11.3. The van der Waals surface area contributed by atoms with E-state index in [1.54, 1.807) is 23.9 Å². The Morgan fingerprint density at radius 3 is 2.65 bits per heavy atom. The molecule has 2 aromatic rings. The number of hydrogen-bond donors (Lipinski definition) is 1. The molecule has 0 aliphatic rings. The van der Waals surface area contributed by atoms with Gasteiger partial charge in [0.1, 0.15) is 12.2 Å². The van der Waals surface area contributed by atoms with E-state index in [-0.39, 0.29) is 12.5 Å². The van der Waals surface area contributed by atoms with Crippen molar-refractivity contribution in [1.29, 1.82) is 5.26 Å². The number of carbonyl (C=O) groups excluding carboxylic acids is 1. The fourth-order valence-corrected chi connectivity index (χ4v) is 2.05. The van der Waals surface area contributed by atoms with Crippen LogP contribution in [0.15, 0.2) is 42.6 Å². The van der Waals surface area contributed by atoms with Gasteiger partial charge < -0.3 is 15.2 Å². The molecular formula is C15H16N4O. The molecule has 0 aliphatic heterocycles. The first-order chi connectivity index (χ1) is 9.61. The molecule has 2 N–H and O–H groups in total. The Bertz CT molecular complexity index is 640. The highest BCUT2D eigenvalue weighted by atomic mass is 16.2. The molecule has 0 fully saturated rings. The molecule has 20 heavy (non-hydrogen) atoms. The quantitative estimate of drug-likeness (QED) is 0.859. The monoisotopic (exact) mass is 268 g/mol. The summed E-state index contributed by atoms with van der Waals surface area (Å²) in [7, 11) is 1.76. The number of nitrogens with zero attached hydrogens (tertiary/aromatic N) is 3. The number of carbonyl (C=O) groups is 1. The zero-order chi connectivity index (χ0) is 14.5. The largest absolute Gasteiger partial charge is 0.397 e. The van der Waals surface area contributed by atoms with E-state index in [2.05, 4.69) is 0 Å². The summed E-state index contributed by atoms with van der Waals surface area (Å²) in [5.41, 5.74) is 7.69. The number of hydrogen-bond acceptors (Lipinski definition) is 3. The van der Waals surface area contributed by atoms with Gasteiger partial charge in [-0.15, -0.1) is 0 Å². The highest BCUT2D eigenvalue weighted by molar-refractivity contribution is 5.94. The van der Waals surface area contributed by atoms with Crippen LogP contribution in [0, 0.1) is 11.3 Å². The van der Waals surface area contributed by atoms with E-state index in [9.17, 15) is 4.79 Å². The van der Waals surface area contributed by atoms with Crippen LogP contribution in [0.1, 0.15) is 16.1 Å². The second-order valence-electron chi connectivity index (χ2n) is 4.57. The van der Waals surface area contributed by atoms with Crippen LogP contribution in [0.25, 0.3) is 0 Å². The van der Waals surface area contributed by atoms with Crippen LogP contribution in [-0.4, -0.2) is 21.9 Å². The van der Waals surface area contributed by atoms with Gasteiger partial charge in [-0.05, 0) is 11.6 Å². The number of nitriles is 1. The van der Waals surface area contributed by atoms with Gasteiger partial charge in [-0.25, -0.2) is 0 Å². The maximum atomic E-state index is 12.5. The summed E-state index contributed by atoms with van der Waals surface area (Å²) in [4.78, 5) is 14.0. The van der Waals surface area contributed by atoms with E-state index in [4.69, 9.17) is 11.0 Å². The first kappa shape index (κ1) is 13.7. The van der Waals surface area contributed by atoms with Crippen LogP contribution in [0.5, 0.6) is 0 Å². The van der Waals surface area contributed by atoms with E-state index in [1.165, 1.54) is 4.90 Å². The van der Waals surface area contributed by atoms with Gasteiger partial charge in [0.15, 0.2) is 0 Å². The third kappa shape index (κ3) is 2.98. The molecule has 0 saturated heterocycles. The van der Waals surface area contributed by atoms with Crippen LogP contribution < -0.4 is 5.73 Å². The molecule has 0 saturated carbocycles. The molecule has 0 spiro atoms. The Labute approximate surface area is 117 Å². The van der Waals surface area contributed by atoms with E-state index in [0.717, 1.165) is 5.56 Å². The van der Waals surface area contributed by atoms with Crippen LogP contribution in [-0.2, 0) is 13.6 Å². The molecule has 0 unspecified atom stereocenters. The van der Waals surface area contributed by atoms with Gasteiger partial charge in [-0.3, -0.25) is 4.79 Å². The Kier molecular flexibility index (Phi) is 4.06. The Balaban J connectivity index is 2.23. The van der Waals surface area contributed by atoms with Gasteiger partial charge in [0, 0.05) is 19.8 Å². The van der Waals surface area contributed by atoms with Crippen molar-refractivity contribution in [2.24, 2.45) is 7.05 Å². The minimum absolute atomic E-state index is 0.0405. The van der Waals surface area contributed by atoms with Crippen LogP contribution >= 0.6 is 0 Å². The number of benzene rings is 1. The average molecular weight is 268 g/mol. The normalized spacial score (nSPS) is 10.0. The number of aromatic nitrogens is 1. The maximum Gasteiger partial charge on any atom is 0.271 e. The summed E-state index contributed by atoms with van der Waals surface area (Å²) in [5.74, 6) is -0.199. The lowest BCUT2D eigenvalue weighted by Gasteiger charge is -2.19. The molecule has 1 heterocycles. The molecule has 0 radical (unpaired) electrons. The van der Waals surface area contributed by atoms with Crippen LogP contribution in [0.2, 0.25) is 0 Å². The van der Waals surface area contributed by atoms with Crippen LogP contribution in [0.3, 0.4) is 0 Å². The van der Waals surface area contributed by atoms with Gasteiger partial charge in [0.25, 0.3) is 5.91 Å². The van der Waals surface area contributed by atoms with Crippen molar-refractivity contribution >= 4 is 11.6 Å². The zero-order valence-electron chi connectivity index (χ0n) is 11.3. The lowest BCUT2D eigenvalue weighted by atomic mass is 10.2. The minimum atomic E-state index is -0.199. The lowest BCUT2D eigenvalue weighted by Crippen LogP contribution is -2.32. The molecule has 1 aromatic heterocycles. The van der Waals surface area contributed by atoms with E-state index < -0.39 is 0 Å². The summed E-state index contributed by atoms with van der Waals surface area (Å²) in [6, 6.07) is 13.2. The number of rotatable bonds is 4. The fourth-order valence-electron chi connectivity index (χ4n) is 2.05. The van der Waals surface area contributed by atoms with E-state index in [0.29, 0.717) is 17.9 Å². The molecule has 0 aliphatic carbocycles. The van der Waals surface area contributed by atoms with Crippen molar-refractivity contribution in [2.45, 2.75) is 6.54 Å². The Morgan fingerprint density at radius 2 is 2.10 bits per heavy atom. The third-order valence-electron chi connectivity index (χ3n) is 3.01. The second kappa shape index (κ2) is 5.93. The summed E-state index contributed by atoms with van der Waals surface area (Å²) >= 11 is 0. The summed E-state index contributed by atoms with van der Waals surface area (Å²) in [6.07, 6.45) is 1.68. The van der Waals surface area contributed by atoms with Crippen molar-refractivity contribution in [1.82, 2.24) is 9.47 Å². The molecule has 5 nitrogen and oxygen atoms in total. The average Bonchev–Trinajstić information content (AvgIpc) is 2.77. The number of aryl methyl sites for hydroxylation is 1. The molecule has 102 valence electrons. The smallest absolute Gasteiger partial charge is 0.271 e. The van der Waals surface area contributed by atoms with Gasteiger partial charge >= 0.3 is 0 Å². The summed E-state index contributed by atoms with van der Waals surface area (Å²) in [5, 5.41) is 8.91. The second-order valence-corrected chi connectivity index (χ2v) is 4.57. The minimum Gasteiger partial charge on any atom is -0.397 e. The number of amides is 1. The molecule has 1 amide bonds. The first-order valence-corrected chi connectivity index (χ1v) is 6.24. The first-order valence-electron chi connectivity index (χ1n) is 6.24. The van der Waals surface area contributed by atoms with E-state index >= 15 is 0 Å². The van der Waals surface area contributed by atoms with Crippen molar-refractivity contribution < 1.29 is 4.79 Å². The van der Waals surface area contributed by atoms with Crippen LogP contribution in [0.4, 0.5) is 5.69 Å². The maximum absolute atomic E-state index is 12.5. The van der Waals surface area contributed by atoms with Gasteiger partial charge in [-0.2, -0.15) is 5.26 Å². The molecule has 2 rings (SSSR count). The van der Waals surface area contributed by atoms with Crippen molar-refractivity contribution in [3.63, 3.8) is 0 Å². The fraction of sp³-hybridized carbons (Fsp3) is 0.200. The molecule has 1 aromatic carbocycles. The number of anilines is 1. The molecule has 0 atom stereocenters. The Morgan fingerprint density at radius 1 is 1.40 bits per heavy atom. The summed E-state index contributed by atoms with van der Waals surface area (Å²) < 4.78 is 1.67. The van der Waals surface area contributed by atoms with Gasteiger partial charge in [0.05, 0.1) is 11.8 Å². The molecular weight excluding hydrogens is 252 g/mol. The number of nitrogen functional groups attached to an aromatic ring is 1. The topological polar surface area (TPSA) is 75.0 Å². The summed E-state index contributed by atoms with van der Waals surface area (Å²) in [6.45, 7) is 0.442. The highest BCUT2D eigenvalue weighted by Crippen LogP contribution is 2.13. The SMILES string of the molecule is Cn1cc(N)cc1C(=O)N(CC#N)Cc1ccccc1. The van der Waals surface area contributed by atoms with E-state index in [1.807, 2.05) is 36.4 Å². The molecule has 0 bridgehead atoms. The van der Waals surface area contributed by atoms with Crippen molar-refractivity contribution in [3.8, 4) is 6.07 Å². The standard InChI is InChI=1S/C15H16N4O/c1-18-11-13(17)9-14(18)15(20)19(8-7-16)10-12-5-3-2-4-6-12/h2-6,9,11H,8,10,17H2,1H3. The van der Waals surface area contributed by atoms with Gasteiger partial charge in [-0.1, -0.05) is 30.3 Å². The highest BCUT2D eigenvalue weighted by Gasteiger charge is 2.19.